The van der Waals surface area contributed by atoms with Crippen molar-refractivity contribution in [3.63, 3.8) is 0 Å². The molecule has 1 saturated carbocycles. The predicted molar refractivity (Wildman–Crippen MR) is 93.9 cm³/mol. The summed E-state index contributed by atoms with van der Waals surface area (Å²) in [6.07, 6.45) is -0.200. The van der Waals surface area contributed by atoms with Gasteiger partial charge in [0.05, 0.1) is 28.7 Å². The SMILES string of the molecule is CN(C(=O)c1cnn(-c2cccc(C(F)(F)F)c2)c1C1CC1)C1CCNC1. The molecule has 1 aliphatic heterocycles. The molecule has 27 heavy (non-hydrogen) atoms. The van der Waals surface area contributed by atoms with Crippen LogP contribution in [-0.4, -0.2) is 46.8 Å². The van der Waals surface area contributed by atoms with E-state index in [1.807, 2.05) is 0 Å². The molecule has 144 valence electrons. The van der Waals surface area contributed by atoms with Crippen LogP contribution in [0.2, 0.25) is 0 Å². The van der Waals surface area contributed by atoms with E-state index in [1.54, 1.807) is 18.0 Å². The second-order valence-electron chi connectivity index (χ2n) is 7.24. The van der Waals surface area contributed by atoms with Crippen LogP contribution < -0.4 is 5.32 Å². The third kappa shape index (κ3) is 3.45. The van der Waals surface area contributed by atoms with Gasteiger partial charge in [-0.1, -0.05) is 6.07 Å². The average Bonchev–Trinajstić information content (AvgIpc) is 3.17. The summed E-state index contributed by atoms with van der Waals surface area (Å²) >= 11 is 0. The van der Waals surface area contributed by atoms with Crippen molar-refractivity contribution in [3.05, 3.63) is 47.3 Å². The molecule has 1 N–H and O–H groups in total. The number of nitrogens with one attached hydrogen (secondary N) is 1. The first-order valence-corrected chi connectivity index (χ1v) is 9.09. The molecule has 0 radical (unpaired) electrons. The number of hydrogen-bond acceptors (Lipinski definition) is 3. The Balaban J connectivity index is 1.71. The van der Waals surface area contributed by atoms with E-state index in [0.29, 0.717) is 11.3 Å². The van der Waals surface area contributed by atoms with Gasteiger partial charge in [0, 0.05) is 25.6 Å². The highest BCUT2D eigenvalue weighted by molar-refractivity contribution is 5.95. The number of rotatable bonds is 4. The van der Waals surface area contributed by atoms with Crippen molar-refractivity contribution >= 4 is 5.91 Å². The summed E-state index contributed by atoms with van der Waals surface area (Å²) in [5.74, 6) is 0.0416. The number of benzene rings is 1. The van der Waals surface area contributed by atoms with Gasteiger partial charge < -0.3 is 10.2 Å². The Hall–Kier alpha value is -2.35. The van der Waals surface area contributed by atoms with E-state index in [4.69, 9.17) is 0 Å². The topological polar surface area (TPSA) is 50.2 Å². The van der Waals surface area contributed by atoms with E-state index in [2.05, 4.69) is 10.4 Å². The molecule has 1 aromatic carbocycles. The molecule has 2 heterocycles. The first kappa shape index (κ1) is 18.0. The summed E-state index contributed by atoms with van der Waals surface area (Å²) in [5, 5.41) is 7.53. The third-order valence-electron chi connectivity index (χ3n) is 5.32. The summed E-state index contributed by atoms with van der Waals surface area (Å²) in [7, 11) is 1.78. The molecule has 1 amide bonds. The van der Waals surface area contributed by atoms with E-state index in [0.717, 1.165) is 50.2 Å². The standard InChI is InChI=1S/C19H21F3N4O/c1-25(15-7-8-23-10-15)18(27)16-11-24-26(17(16)12-5-6-12)14-4-2-3-13(9-14)19(20,21)22/h2-4,9,11-12,15,23H,5-8,10H2,1H3. The van der Waals surface area contributed by atoms with Crippen LogP contribution in [0.1, 0.15) is 46.8 Å². The lowest BCUT2D eigenvalue weighted by molar-refractivity contribution is -0.137. The van der Waals surface area contributed by atoms with Crippen LogP contribution in [0, 0.1) is 0 Å². The maximum absolute atomic E-state index is 13.1. The molecular formula is C19H21F3N4O. The van der Waals surface area contributed by atoms with Crippen LogP contribution in [0.25, 0.3) is 5.69 Å². The maximum Gasteiger partial charge on any atom is 0.416 e. The molecule has 1 unspecified atom stereocenters. The number of alkyl halides is 3. The van der Waals surface area contributed by atoms with Crippen molar-refractivity contribution in [1.29, 1.82) is 0 Å². The molecule has 4 rings (SSSR count). The van der Waals surface area contributed by atoms with Gasteiger partial charge in [-0.2, -0.15) is 18.3 Å². The summed E-state index contributed by atoms with van der Waals surface area (Å²) in [6.45, 7) is 1.63. The van der Waals surface area contributed by atoms with Gasteiger partial charge in [0.2, 0.25) is 0 Å². The number of halogens is 3. The number of nitrogens with zero attached hydrogens (tertiary/aromatic N) is 3. The van der Waals surface area contributed by atoms with Crippen LogP contribution in [0.4, 0.5) is 13.2 Å². The second-order valence-corrected chi connectivity index (χ2v) is 7.24. The number of carbonyl (C=O) groups is 1. The minimum atomic E-state index is -4.42. The Bertz CT molecular complexity index is 851. The fourth-order valence-corrected chi connectivity index (χ4v) is 3.62. The smallest absolute Gasteiger partial charge is 0.337 e. The number of likely N-dealkylation sites (N-methyl/N-ethyl adjacent to an activating group) is 1. The summed E-state index contributed by atoms with van der Waals surface area (Å²) < 4.78 is 40.7. The molecule has 2 aliphatic rings. The molecule has 1 aliphatic carbocycles. The van der Waals surface area contributed by atoms with E-state index in [-0.39, 0.29) is 17.9 Å². The fraction of sp³-hybridized carbons (Fsp3) is 0.474. The van der Waals surface area contributed by atoms with E-state index < -0.39 is 11.7 Å². The van der Waals surface area contributed by atoms with Gasteiger partial charge in [0.15, 0.2) is 0 Å². The molecule has 1 saturated heterocycles. The molecular weight excluding hydrogens is 357 g/mol. The van der Waals surface area contributed by atoms with E-state index in [1.165, 1.54) is 16.9 Å². The molecule has 1 aromatic heterocycles. The van der Waals surface area contributed by atoms with Crippen LogP contribution in [0.15, 0.2) is 30.5 Å². The van der Waals surface area contributed by atoms with E-state index in [9.17, 15) is 18.0 Å². The predicted octanol–water partition coefficient (Wildman–Crippen LogP) is 3.20. The first-order valence-electron chi connectivity index (χ1n) is 9.09. The quantitative estimate of drug-likeness (QED) is 0.889. The monoisotopic (exact) mass is 378 g/mol. The van der Waals surface area contributed by atoms with Crippen molar-refractivity contribution in [2.45, 2.75) is 37.4 Å². The maximum atomic E-state index is 13.1. The molecule has 5 nitrogen and oxygen atoms in total. The summed E-state index contributed by atoms with van der Waals surface area (Å²) in [6, 6.07) is 5.21. The van der Waals surface area contributed by atoms with Crippen LogP contribution in [0.3, 0.4) is 0 Å². The lowest BCUT2D eigenvalue weighted by Gasteiger charge is -2.24. The summed E-state index contributed by atoms with van der Waals surface area (Å²) in [4.78, 5) is 14.7. The molecule has 0 bridgehead atoms. The van der Waals surface area contributed by atoms with Crippen LogP contribution in [-0.2, 0) is 6.18 Å². The minimum Gasteiger partial charge on any atom is -0.337 e. The second kappa shape index (κ2) is 6.67. The highest BCUT2D eigenvalue weighted by Gasteiger charge is 2.36. The van der Waals surface area contributed by atoms with Crippen LogP contribution in [0.5, 0.6) is 0 Å². The van der Waals surface area contributed by atoms with E-state index >= 15 is 0 Å². The molecule has 2 aromatic rings. The molecule has 2 fully saturated rings. The van der Waals surface area contributed by atoms with Gasteiger partial charge in [-0.05, 0) is 44.0 Å². The highest BCUT2D eigenvalue weighted by Crippen LogP contribution is 2.43. The molecule has 1 atom stereocenters. The zero-order valence-electron chi connectivity index (χ0n) is 15.0. The first-order chi connectivity index (χ1) is 12.9. The third-order valence-corrected chi connectivity index (χ3v) is 5.32. The van der Waals surface area contributed by atoms with Crippen molar-refractivity contribution in [3.8, 4) is 5.69 Å². The number of carbonyl (C=O) groups excluding carboxylic acids is 1. The number of aromatic nitrogens is 2. The Labute approximate surface area is 155 Å². The van der Waals surface area contributed by atoms with Crippen molar-refractivity contribution in [2.24, 2.45) is 0 Å². The Morgan fingerprint density at radius 3 is 2.70 bits per heavy atom. The van der Waals surface area contributed by atoms with Gasteiger partial charge in [-0.15, -0.1) is 0 Å². The van der Waals surface area contributed by atoms with Gasteiger partial charge >= 0.3 is 6.18 Å². The van der Waals surface area contributed by atoms with Crippen LogP contribution >= 0.6 is 0 Å². The number of hydrogen-bond donors (Lipinski definition) is 1. The largest absolute Gasteiger partial charge is 0.416 e. The van der Waals surface area contributed by atoms with Gasteiger partial charge in [-0.3, -0.25) is 4.79 Å². The Morgan fingerprint density at radius 1 is 1.30 bits per heavy atom. The zero-order valence-corrected chi connectivity index (χ0v) is 15.0. The minimum absolute atomic E-state index is 0.121. The Kier molecular flexibility index (Phi) is 4.46. The Morgan fingerprint density at radius 2 is 2.07 bits per heavy atom. The van der Waals surface area contributed by atoms with Crippen molar-refractivity contribution < 1.29 is 18.0 Å². The summed E-state index contributed by atoms with van der Waals surface area (Å²) in [5.41, 5.74) is 0.816. The normalized spacial score (nSPS) is 20.1. The number of amides is 1. The van der Waals surface area contributed by atoms with Gasteiger partial charge in [-0.25, -0.2) is 4.68 Å². The lowest BCUT2D eigenvalue weighted by Crippen LogP contribution is -2.38. The zero-order chi connectivity index (χ0) is 19.2. The van der Waals surface area contributed by atoms with Gasteiger partial charge in [0.25, 0.3) is 5.91 Å². The fourth-order valence-electron chi connectivity index (χ4n) is 3.62. The van der Waals surface area contributed by atoms with Gasteiger partial charge in [0.1, 0.15) is 0 Å². The van der Waals surface area contributed by atoms with Crippen molar-refractivity contribution in [1.82, 2.24) is 20.0 Å². The highest BCUT2D eigenvalue weighted by atomic mass is 19.4. The van der Waals surface area contributed by atoms with Crippen molar-refractivity contribution in [2.75, 3.05) is 20.1 Å². The molecule has 8 heteroatoms. The molecule has 0 spiro atoms. The average molecular weight is 378 g/mol. The lowest BCUT2D eigenvalue weighted by atomic mass is 10.1.